The predicted molar refractivity (Wildman–Crippen MR) is 77.0 cm³/mol. The molecular formula is C17H19NO3. The van der Waals surface area contributed by atoms with Gasteiger partial charge in [0.15, 0.2) is 5.72 Å². The second-order valence-electron chi connectivity index (χ2n) is 6.62. The molecule has 21 heavy (non-hydrogen) atoms. The van der Waals surface area contributed by atoms with Crippen molar-refractivity contribution in [2.24, 2.45) is 5.92 Å². The van der Waals surface area contributed by atoms with E-state index in [4.69, 9.17) is 4.74 Å². The minimum atomic E-state index is -0.389. The Balaban J connectivity index is 1.52. The first-order valence-corrected chi connectivity index (χ1v) is 7.76. The van der Waals surface area contributed by atoms with Crippen LogP contribution >= 0.6 is 0 Å². The van der Waals surface area contributed by atoms with Crippen LogP contribution in [0.1, 0.15) is 48.3 Å². The largest absolute Gasteiger partial charge is 0.423 e. The highest BCUT2D eigenvalue weighted by atomic mass is 16.6. The van der Waals surface area contributed by atoms with E-state index in [2.05, 4.69) is 23.5 Å². The summed E-state index contributed by atoms with van der Waals surface area (Å²) in [5.41, 5.74) is 3.67. The van der Waals surface area contributed by atoms with E-state index in [0.29, 0.717) is 5.92 Å². The molecule has 1 saturated heterocycles. The first-order chi connectivity index (χ1) is 10.2. The maximum Gasteiger partial charge on any atom is 0.412 e. The van der Waals surface area contributed by atoms with Crippen LogP contribution in [0.15, 0.2) is 18.2 Å². The molecule has 1 heterocycles. The van der Waals surface area contributed by atoms with Crippen LogP contribution in [0.4, 0.5) is 4.79 Å². The molecule has 0 aromatic heterocycles. The van der Waals surface area contributed by atoms with Crippen LogP contribution in [0, 0.1) is 5.92 Å². The van der Waals surface area contributed by atoms with E-state index >= 15 is 0 Å². The van der Waals surface area contributed by atoms with Crippen LogP contribution in [-0.2, 0) is 22.4 Å². The predicted octanol–water partition coefficient (Wildman–Crippen LogP) is 2.69. The van der Waals surface area contributed by atoms with E-state index in [1.165, 1.54) is 16.7 Å². The molecule has 1 aliphatic heterocycles. The van der Waals surface area contributed by atoms with Gasteiger partial charge in [-0.2, -0.15) is 0 Å². The van der Waals surface area contributed by atoms with Gasteiger partial charge in [-0.05, 0) is 48.3 Å². The molecular weight excluding hydrogens is 266 g/mol. The number of ether oxygens (including phenoxy) is 1. The van der Waals surface area contributed by atoms with Crippen molar-refractivity contribution in [3.63, 3.8) is 0 Å². The highest BCUT2D eigenvalue weighted by Gasteiger charge is 2.50. The van der Waals surface area contributed by atoms with Crippen molar-refractivity contribution < 1.29 is 14.3 Å². The summed E-state index contributed by atoms with van der Waals surface area (Å²) >= 11 is 0. The Labute approximate surface area is 123 Å². The summed E-state index contributed by atoms with van der Waals surface area (Å²) in [6.45, 7) is 0. The fourth-order valence-corrected chi connectivity index (χ4v) is 4.04. The van der Waals surface area contributed by atoms with Gasteiger partial charge in [0, 0.05) is 18.8 Å². The van der Waals surface area contributed by atoms with E-state index in [0.717, 1.165) is 44.8 Å². The number of hydrogen-bond acceptors (Lipinski definition) is 3. The number of rotatable bonds is 2. The van der Waals surface area contributed by atoms with Crippen LogP contribution < -0.4 is 5.32 Å². The van der Waals surface area contributed by atoms with Crippen LogP contribution in [-0.4, -0.2) is 18.1 Å². The third-order valence-corrected chi connectivity index (χ3v) is 5.25. The molecule has 1 aromatic rings. The summed E-state index contributed by atoms with van der Waals surface area (Å²) in [5, 5.41) is 2.89. The lowest BCUT2D eigenvalue weighted by Crippen LogP contribution is -2.61. The second-order valence-corrected chi connectivity index (χ2v) is 6.62. The quantitative estimate of drug-likeness (QED) is 0.850. The lowest BCUT2D eigenvalue weighted by Gasteiger charge is -2.38. The average molecular weight is 285 g/mol. The smallest absolute Gasteiger partial charge is 0.412 e. The molecule has 3 aliphatic rings. The molecule has 110 valence electrons. The third-order valence-electron chi connectivity index (χ3n) is 5.25. The van der Waals surface area contributed by atoms with E-state index in [1.807, 2.05) is 0 Å². The molecule has 1 aromatic carbocycles. The van der Waals surface area contributed by atoms with Crippen molar-refractivity contribution in [2.45, 2.75) is 50.2 Å². The van der Waals surface area contributed by atoms with Crippen LogP contribution in [0.25, 0.3) is 0 Å². The van der Waals surface area contributed by atoms with Gasteiger partial charge in [0.1, 0.15) is 6.29 Å². The normalized spacial score (nSPS) is 33.8. The minimum absolute atomic E-state index is 0.191. The molecule has 2 fully saturated rings. The molecule has 1 amide bonds. The zero-order valence-electron chi connectivity index (χ0n) is 11.9. The van der Waals surface area contributed by atoms with Crippen molar-refractivity contribution in [1.82, 2.24) is 5.32 Å². The highest BCUT2D eigenvalue weighted by Crippen LogP contribution is 2.45. The van der Waals surface area contributed by atoms with Crippen LogP contribution in [0.3, 0.4) is 0 Å². The maximum atomic E-state index is 11.0. The molecule has 1 spiro atoms. The summed E-state index contributed by atoms with van der Waals surface area (Å²) < 4.78 is 5.29. The van der Waals surface area contributed by atoms with E-state index in [1.54, 1.807) is 0 Å². The minimum Gasteiger partial charge on any atom is -0.423 e. The number of aryl methyl sites for hydroxylation is 1. The fourth-order valence-electron chi connectivity index (χ4n) is 4.04. The van der Waals surface area contributed by atoms with Gasteiger partial charge in [-0.3, -0.25) is 5.32 Å². The summed E-state index contributed by atoms with van der Waals surface area (Å²) in [7, 11) is 0. The van der Waals surface area contributed by atoms with Crippen molar-refractivity contribution in [2.75, 3.05) is 0 Å². The van der Waals surface area contributed by atoms with Gasteiger partial charge >= 0.3 is 6.09 Å². The highest BCUT2D eigenvalue weighted by molar-refractivity contribution is 5.74. The number of carbonyl (C=O) groups excluding carboxylic acids is 2. The van der Waals surface area contributed by atoms with Crippen molar-refractivity contribution in [3.05, 3.63) is 34.9 Å². The molecule has 4 nitrogen and oxygen atoms in total. The lowest BCUT2D eigenvalue weighted by molar-refractivity contribution is -0.111. The van der Waals surface area contributed by atoms with Crippen molar-refractivity contribution in [3.8, 4) is 0 Å². The number of aldehydes is 1. The summed E-state index contributed by atoms with van der Waals surface area (Å²) in [6, 6.07) is 6.68. The zero-order chi connectivity index (χ0) is 14.4. The third kappa shape index (κ3) is 2.13. The maximum absolute atomic E-state index is 11.0. The van der Waals surface area contributed by atoms with Crippen LogP contribution in [0.2, 0.25) is 0 Å². The lowest BCUT2D eigenvalue weighted by atomic mass is 9.82. The van der Waals surface area contributed by atoms with E-state index in [9.17, 15) is 9.59 Å². The summed E-state index contributed by atoms with van der Waals surface area (Å²) in [4.78, 5) is 21.9. The Morgan fingerprint density at radius 1 is 1.29 bits per heavy atom. The Bertz CT molecular complexity index is 602. The number of hydrogen-bond donors (Lipinski definition) is 1. The standard InChI is InChI=1S/C17H19NO3/c19-10-11-1-2-13-8-14(4-3-12(13)7-11)15-5-6-17(9-15)18-16(20)21-17/h3-4,8,10-11,15H,1-2,5-7,9H2,(H,18,20)/t11?,15-,17?/m1/s1. The second kappa shape index (κ2) is 4.58. The molecule has 4 heteroatoms. The Morgan fingerprint density at radius 3 is 2.90 bits per heavy atom. The number of fused-ring (bicyclic) bond motifs is 1. The number of carbonyl (C=O) groups is 2. The molecule has 1 saturated carbocycles. The Morgan fingerprint density at radius 2 is 2.14 bits per heavy atom. The van der Waals surface area contributed by atoms with Gasteiger partial charge in [-0.15, -0.1) is 0 Å². The van der Waals surface area contributed by atoms with Gasteiger partial charge < -0.3 is 9.53 Å². The van der Waals surface area contributed by atoms with Crippen LogP contribution in [0.5, 0.6) is 0 Å². The molecule has 2 aliphatic carbocycles. The summed E-state index contributed by atoms with van der Waals surface area (Å²) in [5.74, 6) is 0.649. The van der Waals surface area contributed by atoms with E-state index in [-0.39, 0.29) is 17.7 Å². The van der Waals surface area contributed by atoms with Gasteiger partial charge in [0.2, 0.25) is 0 Å². The average Bonchev–Trinajstić information content (AvgIpc) is 2.91. The van der Waals surface area contributed by atoms with Crippen molar-refractivity contribution >= 4 is 12.4 Å². The van der Waals surface area contributed by atoms with Gasteiger partial charge in [-0.25, -0.2) is 4.79 Å². The topological polar surface area (TPSA) is 55.4 Å². The summed E-state index contributed by atoms with van der Waals surface area (Å²) in [6.07, 6.45) is 6.46. The zero-order valence-corrected chi connectivity index (χ0v) is 11.9. The molecule has 2 unspecified atom stereocenters. The molecule has 4 rings (SSSR count). The fraction of sp³-hybridized carbons (Fsp3) is 0.529. The monoisotopic (exact) mass is 285 g/mol. The number of amides is 1. The molecule has 0 radical (unpaired) electrons. The first kappa shape index (κ1) is 12.9. The van der Waals surface area contributed by atoms with Gasteiger partial charge in [0.25, 0.3) is 0 Å². The number of benzene rings is 1. The SMILES string of the molecule is O=CC1CCc2cc([C@@H]3CCC4(C3)NC(=O)O4)ccc2C1. The number of nitrogens with one attached hydrogen (secondary N) is 1. The molecule has 3 atom stereocenters. The van der Waals surface area contributed by atoms with Gasteiger partial charge in [0.05, 0.1) is 0 Å². The Kier molecular flexibility index (Phi) is 2.81. The van der Waals surface area contributed by atoms with Gasteiger partial charge in [-0.1, -0.05) is 18.2 Å². The molecule has 0 bridgehead atoms. The van der Waals surface area contributed by atoms with E-state index < -0.39 is 0 Å². The first-order valence-electron chi connectivity index (χ1n) is 7.76. The van der Waals surface area contributed by atoms with Crippen molar-refractivity contribution in [1.29, 1.82) is 0 Å². The molecule has 1 N–H and O–H groups in total. The Hall–Kier alpha value is -1.84.